The molecule has 3 heteroatoms. The third-order valence-electron chi connectivity index (χ3n) is 12.0. The summed E-state index contributed by atoms with van der Waals surface area (Å²) in [6.07, 6.45) is 0. The molecule has 0 spiro atoms. The van der Waals surface area contributed by atoms with Crippen LogP contribution < -0.4 is 14.5 Å². The summed E-state index contributed by atoms with van der Waals surface area (Å²) in [5.74, 6) is 1.69. The molecule has 2 aliphatic rings. The Balaban J connectivity index is 1.12. The Bertz CT molecular complexity index is 2950. The van der Waals surface area contributed by atoms with Crippen LogP contribution in [0.5, 0.6) is 11.5 Å². The summed E-state index contributed by atoms with van der Waals surface area (Å²) in [6, 6.07) is 74.0. The Labute approximate surface area is 339 Å². The Morgan fingerprint density at radius 3 is 1.67 bits per heavy atom. The minimum Gasteiger partial charge on any atom is -0.454 e. The molecule has 0 fully saturated rings. The number of fused-ring (bicyclic) bond motifs is 5. The van der Waals surface area contributed by atoms with Gasteiger partial charge in [-0.2, -0.15) is 0 Å². The fourth-order valence-corrected chi connectivity index (χ4v) is 9.34. The molecule has 9 aromatic carbocycles. The van der Waals surface area contributed by atoms with Crippen molar-refractivity contribution >= 4 is 44.9 Å². The lowest BCUT2D eigenvalue weighted by molar-refractivity contribution is 0.488. The van der Waals surface area contributed by atoms with Crippen molar-refractivity contribution in [2.24, 2.45) is 0 Å². The zero-order valence-electron chi connectivity index (χ0n) is 32.4. The number of rotatable bonds is 7. The van der Waals surface area contributed by atoms with E-state index < -0.39 is 0 Å². The Hall–Kier alpha value is -7.36. The van der Waals surface area contributed by atoms with Crippen LogP contribution >= 0.6 is 0 Å². The summed E-state index contributed by atoms with van der Waals surface area (Å²) in [5, 5.41) is 2.24. The Morgan fingerprint density at radius 1 is 0.379 bits per heavy atom. The largest absolute Gasteiger partial charge is 0.454 e. The van der Waals surface area contributed by atoms with Crippen molar-refractivity contribution in [1.29, 1.82) is 0 Å². The van der Waals surface area contributed by atoms with Gasteiger partial charge in [0, 0.05) is 44.4 Å². The molecule has 3 nitrogen and oxygen atoms in total. The normalized spacial score (nSPS) is 12.9. The molecule has 1 aliphatic heterocycles. The zero-order chi connectivity index (χ0) is 38.8. The maximum Gasteiger partial charge on any atom is 0.159 e. The highest BCUT2D eigenvalue weighted by molar-refractivity contribution is 6.12. The van der Waals surface area contributed by atoms with Gasteiger partial charge >= 0.3 is 0 Å². The first kappa shape index (κ1) is 33.9. The number of benzene rings is 9. The average Bonchev–Trinajstić information content (AvgIpc) is 3.52. The quantitative estimate of drug-likeness (QED) is 0.162. The lowest BCUT2D eigenvalue weighted by Crippen LogP contribution is -2.16. The molecule has 0 unspecified atom stereocenters. The monoisotopic (exact) mass is 744 g/mol. The molecule has 9 aromatic rings. The van der Waals surface area contributed by atoms with E-state index in [1.165, 1.54) is 33.4 Å². The maximum absolute atomic E-state index is 7.10. The maximum atomic E-state index is 7.10. The van der Waals surface area contributed by atoms with Gasteiger partial charge in [0.05, 0.1) is 17.1 Å². The van der Waals surface area contributed by atoms with E-state index in [0.29, 0.717) is 0 Å². The molecule has 276 valence electrons. The molecule has 0 saturated heterocycles. The van der Waals surface area contributed by atoms with Gasteiger partial charge in [0.25, 0.3) is 0 Å². The number of hydrogen-bond donors (Lipinski definition) is 0. The van der Waals surface area contributed by atoms with Crippen molar-refractivity contribution in [2.45, 2.75) is 19.3 Å². The Morgan fingerprint density at radius 2 is 0.931 bits per heavy atom. The molecule has 11 rings (SSSR count). The molecular formula is C55H40N2O. The van der Waals surface area contributed by atoms with Crippen molar-refractivity contribution in [2.75, 3.05) is 9.80 Å². The highest BCUT2D eigenvalue weighted by Crippen LogP contribution is 2.57. The number of hydrogen-bond acceptors (Lipinski definition) is 3. The van der Waals surface area contributed by atoms with E-state index in [0.717, 1.165) is 67.5 Å². The topological polar surface area (TPSA) is 15.7 Å². The molecular weight excluding hydrogens is 705 g/mol. The third kappa shape index (κ3) is 5.28. The van der Waals surface area contributed by atoms with Gasteiger partial charge in [0.2, 0.25) is 0 Å². The van der Waals surface area contributed by atoms with Crippen molar-refractivity contribution in [3.63, 3.8) is 0 Å². The number of ether oxygens (including phenoxy) is 1. The summed E-state index contributed by atoms with van der Waals surface area (Å²) in [6.45, 7) is 4.70. The fraction of sp³-hybridized carbons (Fsp3) is 0.0545. The van der Waals surface area contributed by atoms with Crippen molar-refractivity contribution < 1.29 is 4.74 Å². The van der Waals surface area contributed by atoms with Crippen LogP contribution in [0.15, 0.2) is 206 Å². The minimum absolute atomic E-state index is 0.132. The predicted octanol–water partition coefficient (Wildman–Crippen LogP) is 15.5. The second kappa shape index (κ2) is 13.4. The summed E-state index contributed by atoms with van der Waals surface area (Å²) < 4.78 is 7.10. The van der Waals surface area contributed by atoms with Crippen molar-refractivity contribution in [3.05, 3.63) is 217 Å². The van der Waals surface area contributed by atoms with Crippen LogP contribution in [-0.2, 0) is 5.41 Å². The van der Waals surface area contributed by atoms with Crippen LogP contribution in [0.3, 0.4) is 0 Å². The smallest absolute Gasteiger partial charge is 0.159 e. The molecule has 1 aliphatic carbocycles. The molecule has 0 atom stereocenters. The molecule has 0 bridgehead atoms. The first-order chi connectivity index (χ1) is 28.6. The van der Waals surface area contributed by atoms with Gasteiger partial charge in [0.15, 0.2) is 5.75 Å². The first-order valence-electron chi connectivity index (χ1n) is 20.0. The van der Waals surface area contributed by atoms with Gasteiger partial charge in [0.1, 0.15) is 5.75 Å². The van der Waals surface area contributed by atoms with E-state index in [2.05, 4.69) is 230 Å². The number of nitrogens with zero attached hydrogens (tertiary/aromatic N) is 2. The number of para-hydroxylation sites is 3. The zero-order valence-corrected chi connectivity index (χ0v) is 32.4. The molecule has 0 amide bonds. The second-order valence-corrected chi connectivity index (χ2v) is 15.7. The Kier molecular flexibility index (Phi) is 7.84. The van der Waals surface area contributed by atoms with Crippen molar-refractivity contribution in [1.82, 2.24) is 0 Å². The average molecular weight is 745 g/mol. The standard InChI is InChI=1S/C55H40N2O/c1-55(2)46-27-13-12-23-44(46)53-47(55)28-16-29-49(53)57(41-33-31-38(32-34-41)37-17-6-3-7-18-37)48-35-36-51-52-42(24-14-26-45(48)52)43-25-15-30-50(54(43)58-51)56(39-19-8-4-9-20-39)40-21-10-5-11-22-40/h3-36H,1-2H3. The van der Waals surface area contributed by atoms with Crippen LogP contribution in [0, 0.1) is 0 Å². The van der Waals surface area contributed by atoms with Gasteiger partial charge in [-0.15, -0.1) is 0 Å². The SMILES string of the molecule is CC1(C)c2ccccc2-c2c(N(c3ccc(-c4ccccc4)cc3)c3ccc4c5c(cccc35)-c3cccc(N(c5ccccc5)c5ccccc5)c3O4)cccc21. The van der Waals surface area contributed by atoms with Crippen LogP contribution in [-0.4, -0.2) is 0 Å². The first-order valence-corrected chi connectivity index (χ1v) is 20.0. The summed E-state index contributed by atoms with van der Waals surface area (Å²) >= 11 is 0. The molecule has 0 radical (unpaired) electrons. The van der Waals surface area contributed by atoms with E-state index in [1.807, 2.05) is 0 Å². The highest BCUT2D eigenvalue weighted by atomic mass is 16.5. The van der Waals surface area contributed by atoms with E-state index >= 15 is 0 Å². The van der Waals surface area contributed by atoms with Crippen LogP contribution in [0.1, 0.15) is 25.0 Å². The fourth-order valence-electron chi connectivity index (χ4n) is 9.34. The van der Waals surface area contributed by atoms with Gasteiger partial charge in [-0.25, -0.2) is 0 Å². The molecule has 0 N–H and O–H groups in total. The van der Waals surface area contributed by atoms with Gasteiger partial charge in [-0.3, -0.25) is 0 Å². The summed E-state index contributed by atoms with van der Waals surface area (Å²) in [7, 11) is 0. The van der Waals surface area contributed by atoms with Gasteiger partial charge < -0.3 is 14.5 Å². The number of anilines is 6. The molecule has 1 heterocycles. The summed E-state index contributed by atoms with van der Waals surface area (Å²) in [5.41, 5.74) is 16.2. The van der Waals surface area contributed by atoms with E-state index in [4.69, 9.17) is 4.74 Å². The van der Waals surface area contributed by atoms with Crippen LogP contribution in [0.2, 0.25) is 0 Å². The molecule has 58 heavy (non-hydrogen) atoms. The van der Waals surface area contributed by atoms with E-state index in [-0.39, 0.29) is 5.41 Å². The second-order valence-electron chi connectivity index (χ2n) is 15.7. The lowest BCUT2D eigenvalue weighted by atomic mass is 9.82. The van der Waals surface area contributed by atoms with Crippen LogP contribution in [0.4, 0.5) is 34.1 Å². The highest BCUT2D eigenvalue weighted by Gasteiger charge is 2.38. The molecule has 0 saturated carbocycles. The van der Waals surface area contributed by atoms with E-state index in [9.17, 15) is 0 Å². The van der Waals surface area contributed by atoms with Crippen LogP contribution in [0.25, 0.3) is 44.2 Å². The molecule has 0 aromatic heterocycles. The lowest BCUT2D eigenvalue weighted by Gasteiger charge is -2.33. The van der Waals surface area contributed by atoms with E-state index in [1.54, 1.807) is 0 Å². The third-order valence-corrected chi connectivity index (χ3v) is 12.0. The van der Waals surface area contributed by atoms with Gasteiger partial charge in [-0.05, 0) is 94.0 Å². The minimum atomic E-state index is -0.132. The summed E-state index contributed by atoms with van der Waals surface area (Å²) in [4.78, 5) is 4.75. The van der Waals surface area contributed by atoms with Gasteiger partial charge in [-0.1, -0.05) is 159 Å². The van der Waals surface area contributed by atoms with Crippen molar-refractivity contribution in [3.8, 4) is 44.9 Å². The predicted molar refractivity (Wildman–Crippen MR) is 242 cm³/mol.